The highest BCUT2D eigenvalue weighted by Gasteiger charge is 2.26. The third kappa shape index (κ3) is 4.05. The third-order valence-corrected chi connectivity index (χ3v) is 3.16. The fourth-order valence-corrected chi connectivity index (χ4v) is 1.56. The number of rotatable bonds is 5. The first kappa shape index (κ1) is 17.6. The number of nitrogens with one attached hydrogen (secondary N) is 1. The van der Waals surface area contributed by atoms with Gasteiger partial charge in [0.2, 0.25) is 5.91 Å². The lowest BCUT2D eigenvalue weighted by atomic mass is 9.92. The van der Waals surface area contributed by atoms with Crippen LogP contribution in [-0.2, 0) is 14.3 Å². The van der Waals surface area contributed by atoms with E-state index in [1.807, 2.05) is 0 Å². The van der Waals surface area contributed by atoms with Gasteiger partial charge in [0, 0.05) is 12.2 Å². The topological polar surface area (TPSA) is 108 Å². The molecule has 22 heavy (non-hydrogen) atoms. The van der Waals surface area contributed by atoms with Gasteiger partial charge in [0.15, 0.2) is 0 Å². The quantitative estimate of drug-likeness (QED) is 0.791. The molecule has 7 nitrogen and oxygen atoms in total. The van der Waals surface area contributed by atoms with Crippen LogP contribution >= 0.6 is 0 Å². The zero-order valence-electron chi connectivity index (χ0n) is 13.1. The van der Waals surface area contributed by atoms with Crippen molar-refractivity contribution in [2.24, 2.45) is 11.1 Å². The van der Waals surface area contributed by atoms with Crippen LogP contribution in [0.15, 0.2) is 18.2 Å². The lowest BCUT2D eigenvalue weighted by molar-refractivity contribution is -0.123. The minimum absolute atomic E-state index is 0.131. The Bertz CT molecular complexity index is 561. The molecule has 0 spiro atoms. The maximum absolute atomic E-state index is 12.1. The number of carbonyl (C=O) groups is 3. The summed E-state index contributed by atoms with van der Waals surface area (Å²) < 4.78 is 9.26. The highest BCUT2D eigenvalue weighted by Crippen LogP contribution is 2.20. The van der Waals surface area contributed by atoms with Gasteiger partial charge < -0.3 is 20.5 Å². The van der Waals surface area contributed by atoms with Crippen LogP contribution in [0.3, 0.4) is 0 Å². The number of hydrogen-bond acceptors (Lipinski definition) is 6. The fourth-order valence-electron chi connectivity index (χ4n) is 1.56. The summed E-state index contributed by atoms with van der Waals surface area (Å²) in [4.78, 5) is 35.5. The van der Waals surface area contributed by atoms with E-state index in [9.17, 15) is 14.4 Å². The predicted octanol–water partition coefficient (Wildman–Crippen LogP) is 1.18. The summed E-state index contributed by atoms with van der Waals surface area (Å²) in [6, 6.07) is 4.17. The van der Waals surface area contributed by atoms with Crippen molar-refractivity contribution in [2.45, 2.75) is 13.8 Å². The lowest BCUT2D eigenvalue weighted by Gasteiger charge is -2.21. The van der Waals surface area contributed by atoms with Crippen molar-refractivity contribution in [1.82, 2.24) is 0 Å². The number of anilines is 1. The van der Waals surface area contributed by atoms with E-state index >= 15 is 0 Å². The van der Waals surface area contributed by atoms with Gasteiger partial charge in [-0.15, -0.1) is 0 Å². The van der Waals surface area contributed by atoms with E-state index in [4.69, 9.17) is 5.73 Å². The van der Waals surface area contributed by atoms with Crippen LogP contribution < -0.4 is 11.1 Å². The summed E-state index contributed by atoms with van der Waals surface area (Å²) in [6.45, 7) is 3.53. The molecule has 0 radical (unpaired) electrons. The molecular formula is C15H20N2O5. The van der Waals surface area contributed by atoms with Crippen molar-refractivity contribution >= 4 is 23.5 Å². The number of esters is 2. The number of methoxy groups -OCH3 is 2. The SMILES string of the molecule is COC(=O)c1cc(NC(=O)C(C)(C)CN)cc(C(=O)OC)c1. The molecule has 1 amide bonds. The van der Waals surface area contributed by atoms with E-state index < -0.39 is 17.4 Å². The Morgan fingerprint density at radius 1 is 1.05 bits per heavy atom. The number of nitrogens with two attached hydrogens (primary N) is 1. The summed E-state index contributed by atoms with van der Waals surface area (Å²) >= 11 is 0. The zero-order valence-corrected chi connectivity index (χ0v) is 13.1. The molecule has 0 bridgehead atoms. The second-order valence-electron chi connectivity index (χ2n) is 5.32. The molecule has 1 aromatic rings. The van der Waals surface area contributed by atoms with Crippen molar-refractivity contribution in [3.63, 3.8) is 0 Å². The molecule has 0 aliphatic heterocycles. The van der Waals surface area contributed by atoms with Gasteiger partial charge in [-0.25, -0.2) is 9.59 Å². The zero-order chi connectivity index (χ0) is 16.9. The van der Waals surface area contributed by atoms with Gasteiger partial charge in [-0.05, 0) is 32.0 Å². The van der Waals surface area contributed by atoms with E-state index in [1.54, 1.807) is 13.8 Å². The van der Waals surface area contributed by atoms with Crippen LogP contribution in [0.4, 0.5) is 5.69 Å². The standard InChI is InChI=1S/C15H20N2O5/c1-15(2,8-16)14(20)17-11-6-9(12(18)21-3)5-10(7-11)13(19)22-4/h5-7H,8,16H2,1-4H3,(H,17,20). The molecule has 0 aromatic heterocycles. The maximum Gasteiger partial charge on any atom is 0.337 e. The molecule has 0 aliphatic rings. The Morgan fingerprint density at radius 3 is 1.86 bits per heavy atom. The Labute approximate surface area is 128 Å². The average molecular weight is 308 g/mol. The van der Waals surface area contributed by atoms with Gasteiger partial charge >= 0.3 is 11.9 Å². The summed E-state index contributed by atoms with van der Waals surface area (Å²) in [7, 11) is 2.45. The number of ether oxygens (including phenoxy) is 2. The fraction of sp³-hybridized carbons (Fsp3) is 0.400. The van der Waals surface area contributed by atoms with E-state index in [0.29, 0.717) is 0 Å². The van der Waals surface area contributed by atoms with Gasteiger partial charge in [-0.3, -0.25) is 4.79 Å². The summed E-state index contributed by atoms with van der Waals surface area (Å²) in [6.07, 6.45) is 0. The van der Waals surface area contributed by atoms with E-state index in [0.717, 1.165) is 0 Å². The van der Waals surface area contributed by atoms with E-state index in [1.165, 1.54) is 32.4 Å². The molecule has 7 heteroatoms. The first-order valence-electron chi connectivity index (χ1n) is 6.58. The second kappa shape index (κ2) is 7.04. The smallest absolute Gasteiger partial charge is 0.337 e. The molecule has 1 rings (SSSR count). The molecule has 120 valence electrons. The van der Waals surface area contributed by atoms with Crippen LogP contribution in [-0.4, -0.2) is 38.6 Å². The number of carbonyl (C=O) groups excluding carboxylic acids is 3. The molecule has 0 saturated heterocycles. The second-order valence-corrected chi connectivity index (χ2v) is 5.32. The van der Waals surface area contributed by atoms with Gasteiger partial charge in [0.1, 0.15) is 0 Å². The Balaban J connectivity index is 3.21. The van der Waals surface area contributed by atoms with Crippen LogP contribution in [0.25, 0.3) is 0 Å². The molecule has 0 saturated carbocycles. The Hall–Kier alpha value is -2.41. The van der Waals surface area contributed by atoms with Gasteiger partial charge in [-0.2, -0.15) is 0 Å². The summed E-state index contributed by atoms with van der Waals surface area (Å²) in [5.41, 5.74) is 5.31. The molecule has 3 N–H and O–H groups in total. The molecule has 0 aliphatic carbocycles. The number of benzene rings is 1. The van der Waals surface area contributed by atoms with E-state index in [2.05, 4.69) is 14.8 Å². The van der Waals surface area contributed by atoms with Crippen LogP contribution in [0.2, 0.25) is 0 Å². The molecule has 1 aromatic carbocycles. The number of hydrogen-bond donors (Lipinski definition) is 2. The van der Waals surface area contributed by atoms with Crippen molar-refractivity contribution in [3.05, 3.63) is 29.3 Å². The molecule has 0 fully saturated rings. The first-order valence-corrected chi connectivity index (χ1v) is 6.58. The third-order valence-electron chi connectivity index (χ3n) is 3.16. The predicted molar refractivity (Wildman–Crippen MR) is 80.6 cm³/mol. The Kier molecular flexibility index (Phi) is 5.64. The van der Waals surface area contributed by atoms with E-state index in [-0.39, 0.29) is 29.3 Å². The van der Waals surface area contributed by atoms with Crippen molar-refractivity contribution in [1.29, 1.82) is 0 Å². The van der Waals surface area contributed by atoms with Gasteiger partial charge in [-0.1, -0.05) is 0 Å². The Morgan fingerprint density at radius 2 is 1.50 bits per heavy atom. The molecule has 0 heterocycles. The maximum atomic E-state index is 12.1. The highest BCUT2D eigenvalue weighted by atomic mass is 16.5. The minimum atomic E-state index is -0.785. The molecular weight excluding hydrogens is 288 g/mol. The monoisotopic (exact) mass is 308 g/mol. The van der Waals surface area contributed by atoms with Crippen molar-refractivity contribution in [2.75, 3.05) is 26.1 Å². The lowest BCUT2D eigenvalue weighted by Crippen LogP contribution is -2.37. The molecule has 0 unspecified atom stereocenters. The highest BCUT2D eigenvalue weighted by molar-refractivity contribution is 6.00. The van der Waals surface area contributed by atoms with Gasteiger partial charge in [0.05, 0.1) is 30.8 Å². The minimum Gasteiger partial charge on any atom is -0.465 e. The van der Waals surface area contributed by atoms with Crippen LogP contribution in [0.5, 0.6) is 0 Å². The van der Waals surface area contributed by atoms with Crippen molar-refractivity contribution < 1.29 is 23.9 Å². The largest absolute Gasteiger partial charge is 0.465 e. The van der Waals surface area contributed by atoms with Crippen LogP contribution in [0, 0.1) is 5.41 Å². The number of amides is 1. The average Bonchev–Trinajstić information content (AvgIpc) is 2.52. The van der Waals surface area contributed by atoms with Crippen molar-refractivity contribution in [3.8, 4) is 0 Å². The molecule has 0 atom stereocenters. The van der Waals surface area contributed by atoms with Gasteiger partial charge in [0.25, 0.3) is 0 Å². The van der Waals surface area contributed by atoms with Crippen LogP contribution in [0.1, 0.15) is 34.6 Å². The summed E-state index contributed by atoms with van der Waals surface area (Å²) in [5.74, 6) is -1.58. The first-order chi connectivity index (χ1) is 10.2. The normalized spacial score (nSPS) is 10.8. The summed E-state index contributed by atoms with van der Waals surface area (Å²) in [5, 5.41) is 2.64.